The first-order valence-electron chi connectivity index (χ1n) is 9.85. The zero-order valence-corrected chi connectivity index (χ0v) is 17.6. The lowest BCUT2D eigenvalue weighted by atomic mass is 10.1. The Hall–Kier alpha value is -4.44. The summed E-state index contributed by atoms with van der Waals surface area (Å²) in [7, 11) is 1.62. The van der Waals surface area contributed by atoms with E-state index in [1.807, 2.05) is 24.3 Å². The third-order valence-electron chi connectivity index (χ3n) is 4.74. The molecule has 3 aromatic carbocycles. The van der Waals surface area contributed by atoms with Crippen molar-refractivity contribution in [2.45, 2.75) is 13.0 Å². The van der Waals surface area contributed by atoms with Crippen LogP contribution in [0.15, 0.2) is 78.9 Å². The van der Waals surface area contributed by atoms with Gasteiger partial charge >= 0.3 is 5.97 Å². The third kappa shape index (κ3) is 5.18. The summed E-state index contributed by atoms with van der Waals surface area (Å²) < 4.78 is 5.32. The number of amides is 2. The summed E-state index contributed by atoms with van der Waals surface area (Å²) in [6.07, 6.45) is -1.12. The number of nitrogens with zero attached hydrogens (tertiary/aromatic N) is 2. The number of carbonyl (C=O) groups excluding carboxylic acids is 3. The maximum Gasteiger partial charge on any atom is 0.339 e. The van der Waals surface area contributed by atoms with Gasteiger partial charge in [-0.15, -0.1) is 0 Å². The molecular weight excluding hydrogens is 406 g/mol. The number of nitrogens with one attached hydrogen (secondary N) is 1. The molecule has 2 amide bonds. The molecule has 0 aliphatic carbocycles. The Labute approximate surface area is 185 Å². The highest BCUT2D eigenvalue weighted by Gasteiger charge is 2.24. The van der Waals surface area contributed by atoms with Crippen LogP contribution in [0, 0.1) is 11.3 Å². The highest BCUT2D eigenvalue weighted by molar-refractivity contribution is 6.12. The second-order valence-corrected chi connectivity index (χ2v) is 6.97. The van der Waals surface area contributed by atoms with Gasteiger partial charge < -0.3 is 15.0 Å². The van der Waals surface area contributed by atoms with E-state index in [0.717, 1.165) is 0 Å². The first kappa shape index (κ1) is 22.2. The third-order valence-corrected chi connectivity index (χ3v) is 4.74. The smallest absolute Gasteiger partial charge is 0.339 e. The Kier molecular flexibility index (Phi) is 6.99. The summed E-state index contributed by atoms with van der Waals surface area (Å²) >= 11 is 0. The maximum atomic E-state index is 13.0. The highest BCUT2D eigenvalue weighted by Crippen LogP contribution is 2.19. The van der Waals surface area contributed by atoms with E-state index >= 15 is 0 Å². The second kappa shape index (κ2) is 10.0. The van der Waals surface area contributed by atoms with Crippen molar-refractivity contribution in [2.24, 2.45) is 0 Å². The molecular formula is C25H21N3O4. The lowest BCUT2D eigenvalue weighted by molar-refractivity contribution is -0.123. The van der Waals surface area contributed by atoms with Gasteiger partial charge in [0.1, 0.15) is 0 Å². The number of rotatable bonds is 6. The highest BCUT2D eigenvalue weighted by atomic mass is 16.5. The van der Waals surface area contributed by atoms with Crippen LogP contribution < -0.4 is 10.2 Å². The predicted octanol–water partition coefficient (Wildman–Crippen LogP) is 4.02. The minimum absolute atomic E-state index is 0.0615. The Morgan fingerprint density at radius 1 is 0.938 bits per heavy atom. The molecule has 7 nitrogen and oxygen atoms in total. The molecule has 32 heavy (non-hydrogen) atoms. The average Bonchev–Trinajstić information content (AvgIpc) is 2.83. The van der Waals surface area contributed by atoms with E-state index in [-0.39, 0.29) is 17.0 Å². The molecule has 0 radical (unpaired) electrons. The number of anilines is 2. The molecule has 0 saturated carbocycles. The second-order valence-electron chi connectivity index (χ2n) is 6.97. The van der Waals surface area contributed by atoms with Gasteiger partial charge in [0.15, 0.2) is 6.10 Å². The molecule has 0 fully saturated rings. The number of esters is 1. The lowest BCUT2D eigenvalue weighted by Gasteiger charge is -2.19. The van der Waals surface area contributed by atoms with Crippen LogP contribution in [0.2, 0.25) is 0 Å². The molecule has 0 bridgehead atoms. The van der Waals surface area contributed by atoms with Gasteiger partial charge in [0.05, 0.1) is 22.8 Å². The summed E-state index contributed by atoms with van der Waals surface area (Å²) in [6, 6.07) is 23.7. The van der Waals surface area contributed by atoms with Gasteiger partial charge in [-0.05, 0) is 49.4 Å². The van der Waals surface area contributed by atoms with Gasteiger partial charge in [-0.1, -0.05) is 36.4 Å². The van der Waals surface area contributed by atoms with E-state index in [4.69, 9.17) is 10.00 Å². The largest absolute Gasteiger partial charge is 0.449 e. The van der Waals surface area contributed by atoms with Crippen LogP contribution in [0.25, 0.3) is 0 Å². The van der Waals surface area contributed by atoms with Crippen LogP contribution in [0.5, 0.6) is 0 Å². The normalized spacial score (nSPS) is 11.0. The monoisotopic (exact) mass is 427 g/mol. The van der Waals surface area contributed by atoms with Gasteiger partial charge in [0, 0.05) is 18.4 Å². The molecule has 1 N–H and O–H groups in total. The van der Waals surface area contributed by atoms with Crippen molar-refractivity contribution in [2.75, 3.05) is 17.3 Å². The van der Waals surface area contributed by atoms with E-state index in [9.17, 15) is 14.4 Å². The Morgan fingerprint density at radius 3 is 2.28 bits per heavy atom. The van der Waals surface area contributed by atoms with Crippen LogP contribution in [-0.4, -0.2) is 30.9 Å². The number of hydrogen-bond acceptors (Lipinski definition) is 5. The van der Waals surface area contributed by atoms with E-state index in [2.05, 4.69) is 5.32 Å². The van der Waals surface area contributed by atoms with Crippen molar-refractivity contribution in [1.29, 1.82) is 5.26 Å². The standard InChI is InChI=1S/C25H21N3O4/c1-17(23(29)27-19-10-8-9-18(15-19)16-26)32-25(31)22-14-7-6-13-21(22)24(30)28(2)20-11-4-3-5-12-20/h3-15,17H,1-2H3,(H,27,29)/t17-/m1/s1. The van der Waals surface area contributed by atoms with Crippen LogP contribution in [0.3, 0.4) is 0 Å². The van der Waals surface area contributed by atoms with Crippen molar-refractivity contribution in [3.05, 3.63) is 95.6 Å². The molecule has 3 aromatic rings. The first-order chi connectivity index (χ1) is 15.4. The zero-order valence-electron chi connectivity index (χ0n) is 17.6. The van der Waals surface area contributed by atoms with Gasteiger partial charge in [-0.2, -0.15) is 5.26 Å². The Balaban J connectivity index is 1.73. The van der Waals surface area contributed by atoms with Gasteiger partial charge in [0.25, 0.3) is 11.8 Å². The number of ether oxygens (including phenoxy) is 1. The van der Waals surface area contributed by atoms with Crippen molar-refractivity contribution < 1.29 is 19.1 Å². The fraction of sp³-hybridized carbons (Fsp3) is 0.120. The molecule has 0 aliphatic heterocycles. The van der Waals surface area contributed by atoms with Crippen LogP contribution >= 0.6 is 0 Å². The number of carbonyl (C=O) groups is 3. The summed E-state index contributed by atoms with van der Waals surface area (Å²) in [6.45, 7) is 1.43. The van der Waals surface area contributed by atoms with Gasteiger partial charge in [-0.3, -0.25) is 9.59 Å². The number of nitriles is 1. The maximum absolute atomic E-state index is 13.0. The molecule has 160 valence electrons. The minimum atomic E-state index is -1.12. The number of hydrogen-bond donors (Lipinski definition) is 1. The molecule has 3 rings (SSSR count). The topological polar surface area (TPSA) is 99.5 Å². The SMILES string of the molecule is C[C@@H](OC(=O)c1ccccc1C(=O)N(C)c1ccccc1)C(=O)Nc1cccc(C#N)c1. The van der Waals surface area contributed by atoms with Crippen molar-refractivity contribution in [3.63, 3.8) is 0 Å². The predicted molar refractivity (Wildman–Crippen MR) is 120 cm³/mol. The van der Waals surface area contributed by atoms with E-state index in [1.54, 1.807) is 49.5 Å². The van der Waals surface area contributed by atoms with Crippen LogP contribution in [0.4, 0.5) is 11.4 Å². The van der Waals surface area contributed by atoms with Crippen molar-refractivity contribution in [3.8, 4) is 6.07 Å². The molecule has 1 atom stereocenters. The van der Waals surface area contributed by atoms with E-state index < -0.39 is 18.0 Å². The molecule has 0 saturated heterocycles. The molecule has 0 heterocycles. The van der Waals surface area contributed by atoms with Crippen LogP contribution in [0.1, 0.15) is 33.2 Å². The Morgan fingerprint density at radius 2 is 1.59 bits per heavy atom. The first-order valence-corrected chi connectivity index (χ1v) is 9.85. The quantitative estimate of drug-likeness (QED) is 0.599. The van der Waals surface area contributed by atoms with Crippen molar-refractivity contribution in [1.82, 2.24) is 0 Å². The molecule has 0 unspecified atom stereocenters. The van der Waals surface area contributed by atoms with Crippen LogP contribution in [-0.2, 0) is 9.53 Å². The molecule has 0 spiro atoms. The van der Waals surface area contributed by atoms with Gasteiger partial charge in [-0.25, -0.2) is 4.79 Å². The van der Waals surface area contributed by atoms with Gasteiger partial charge in [0.2, 0.25) is 0 Å². The zero-order chi connectivity index (χ0) is 23.1. The van der Waals surface area contributed by atoms with E-state index in [0.29, 0.717) is 16.9 Å². The minimum Gasteiger partial charge on any atom is -0.449 e. The summed E-state index contributed by atoms with van der Waals surface area (Å²) in [4.78, 5) is 39.7. The lowest BCUT2D eigenvalue weighted by Crippen LogP contribution is -2.32. The fourth-order valence-corrected chi connectivity index (χ4v) is 2.99. The molecule has 7 heteroatoms. The van der Waals surface area contributed by atoms with Crippen molar-refractivity contribution >= 4 is 29.2 Å². The summed E-state index contributed by atoms with van der Waals surface area (Å²) in [5, 5.41) is 11.6. The number of benzene rings is 3. The fourth-order valence-electron chi connectivity index (χ4n) is 2.99. The summed E-state index contributed by atoms with van der Waals surface area (Å²) in [5.41, 5.74) is 1.71. The molecule has 0 aliphatic rings. The molecule has 0 aromatic heterocycles. The summed E-state index contributed by atoms with van der Waals surface area (Å²) in [5.74, 6) is -1.73. The number of para-hydroxylation sites is 1. The average molecular weight is 427 g/mol. The Bertz CT molecular complexity index is 1190. The van der Waals surface area contributed by atoms with E-state index in [1.165, 1.54) is 30.0 Å².